The molecule has 0 aliphatic rings. The topological polar surface area (TPSA) is 67.2 Å². The van der Waals surface area contributed by atoms with Crippen molar-refractivity contribution >= 4 is 11.7 Å². The smallest absolute Gasteiger partial charge is 0.260 e. The van der Waals surface area contributed by atoms with E-state index in [1.165, 1.54) is 6.07 Å². The third kappa shape index (κ3) is 2.34. The largest absolute Gasteiger partial charge is 0.507 e. The average Bonchev–Trinajstić information content (AvgIpc) is 2.77. The SMILES string of the molecule is CC(C)n1nccc1NC(=O)c1ccccc1O. The Bertz CT molecular complexity index is 561. The zero-order chi connectivity index (χ0) is 13.1. The lowest BCUT2D eigenvalue weighted by Gasteiger charge is -2.12. The molecule has 1 aromatic carbocycles. The zero-order valence-corrected chi connectivity index (χ0v) is 10.3. The van der Waals surface area contributed by atoms with Crippen molar-refractivity contribution in [1.29, 1.82) is 0 Å². The number of benzene rings is 1. The summed E-state index contributed by atoms with van der Waals surface area (Å²) in [5.41, 5.74) is 0.244. The van der Waals surface area contributed by atoms with Gasteiger partial charge in [0, 0.05) is 12.1 Å². The number of carbonyl (C=O) groups is 1. The van der Waals surface area contributed by atoms with Gasteiger partial charge in [0.15, 0.2) is 0 Å². The van der Waals surface area contributed by atoms with Gasteiger partial charge in [0.1, 0.15) is 11.6 Å². The van der Waals surface area contributed by atoms with Crippen LogP contribution in [0, 0.1) is 0 Å². The quantitative estimate of drug-likeness (QED) is 0.872. The Balaban J connectivity index is 2.22. The van der Waals surface area contributed by atoms with Crippen molar-refractivity contribution in [2.45, 2.75) is 19.9 Å². The molecule has 2 N–H and O–H groups in total. The van der Waals surface area contributed by atoms with Crippen LogP contribution < -0.4 is 5.32 Å². The maximum atomic E-state index is 12.0. The summed E-state index contributed by atoms with van der Waals surface area (Å²) in [6.45, 7) is 3.95. The summed E-state index contributed by atoms with van der Waals surface area (Å²) in [6.07, 6.45) is 1.63. The van der Waals surface area contributed by atoms with Crippen molar-refractivity contribution < 1.29 is 9.90 Å². The number of nitrogens with one attached hydrogen (secondary N) is 1. The molecule has 5 heteroatoms. The van der Waals surface area contributed by atoms with E-state index in [9.17, 15) is 9.90 Å². The Labute approximate surface area is 105 Å². The molecule has 5 nitrogen and oxygen atoms in total. The minimum atomic E-state index is -0.351. The fourth-order valence-corrected chi connectivity index (χ4v) is 1.67. The lowest BCUT2D eigenvalue weighted by atomic mass is 10.2. The number of aromatic hydroxyl groups is 1. The number of anilines is 1. The normalized spacial score (nSPS) is 10.6. The van der Waals surface area contributed by atoms with Crippen molar-refractivity contribution in [2.24, 2.45) is 0 Å². The molecule has 0 aliphatic carbocycles. The van der Waals surface area contributed by atoms with E-state index in [1.807, 2.05) is 13.8 Å². The highest BCUT2D eigenvalue weighted by atomic mass is 16.3. The minimum Gasteiger partial charge on any atom is -0.507 e. The molecule has 0 spiro atoms. The summed E-state index contributed by atoms with van der Waals surface area (Å²) < 4.78 is 1.71. The summed E-state index contributed by atoms with van der Waals surface area (Å²) in [4.78, 5) is 12.0. The van der Waals surface area contributed by atoms with Gasteiger partial charge in [0.05, 0.1) is 11.8 Å². The highest BCUT2D eigenvalue weighted by molar-refractivity contribution is 6.05. The highest BCUT2D eigenvalue weighted by Crippen LogP contribution is 2.19. The molecule has 0 saturated carbocycles. The number of phenolic OH excluding ortho intramolecular Hbond substituents is 1. The molecule has 94 valence electrons. The van der Waals surface area contributed by atoms with E-state index in [1.54, 1.807) is 35.1 Å². The zero-order valence-electron chi connectivity index (χ0n) is 10.3. The molecular formula is C13H15N3O2. The van der Waals surface area contributed by atoms with E-state index < -0.39 is 0 Å². The third-order valence-electron chi connectivity index (χ3n) is 2.55. The molecule has 0 bridgehead atoms. The van der Waals surface area contributed by atoms with Crippen LogP contribution in [0.15, 0.2) is 36.5 Å². The molecule has 0 fully saturated rings. The van der Waals surface area contributed by atoms with Crippen LogP contribution in [0.1, 0.15) is 30.2 Å². The Hall–Kier alpha value is -2.30. The van der Waals surface area contributed by atoms with Gasteiger partial charge in [-0.1, -0.05) is 12.1 Å². The fraction of sp³-hybridized carbons (Fsp3) is 0.231. The van der Waals surface area contributed by atoms with Gasteiger partial charge < -0.3 is 10.4 Å². The second-order valence-electron chi connectivity index (χ2n) is 4.23. The summed E-state index contributed by atoms with van der Waals surface area (Å²) in [6, 6.07) is 8.30. The number of hydrogen-bond donors (Lipinski definition) is 2. The van der Waals surface area contributed by atoms with Gasteiger partial charge >= 0.3 is 0 Å². The van der Waals surface area contributed by atoms with Gasteiger partial charge in [-0.3, -0.25) is 4.79 Å². The van der Waals surface area contributed by atoms with Crippen LogP contribution in [0.2, 0.25) is 0 Å². The van der Waals surface area contributed by atoms with Gasteiger partial charge in [-0.15, -0.1) is 0 Å². The van der Waals surface area contributed by atoms with Crippen LogP contribution in [0.4, 0.5) is 5.82 Å². The lowest BCUT2D eigenvalue weighted by molar-refractivity contribution is 0.102. The number of aromatic nitrogens is 2. The second-order valence-corrected chi connectivity index (χ2v) is 4.23. The maximum absolute atomic E-state index is 12.0. The first kappa shape index (κ1) is 12.2. The molecule has 1 amide bonds. The van der Waals surface area contributed by atoms with Crippen LogP contribution in [-0.4, -0.2) is 20.8 Å². The first-order valence-corrected chi connectivity index (χ1v) is 5.72. The second kappa shape index (κ2) is 4.91. The number of amides is 1. The van der Waals surface area contributed by atoms with Crippen LogP contribution in [0.5, 0.6) is 5.75 Å². The number of rotatable bonds is 3. The standard InChI is InChI=1S/C13H15N3O2/c1-9(2)16-12(7-8-14-16)15-13(18)10-5-3-4-6-11(10)17/h3-9,17H,1-2H3,(H,15,18). The lowest BCUT2D eigenvalue weighted by Crippen LogP contribution is -2.16. The molecule has 1 aromatic heterocycles. The number of nitrogens with zero attached hydrogens (tertiary/aromatic N) is 2. The van der Waals surface area contributed by atoms with Crippen molar-refractivity contribution in [2.75, 3.05) is 5.32 Å². The minimum absolute atomic E-state index is 0.0365. The molecular weight excluding hydrogens is 230 g/mol. The van der Waals surface area contributed by atoms with Gasteiger partial charge in [0.25, 0.3) is 5.91 Å². The van der Waals surface area contributed by atoms with Crippen molar-refractivity contribution in [1.82, 2.24) is 9.78 Å². The van der Waals surface area contributed by atoms with Gasteiger partial charge in [-0.25, -0.2) is 4.68 Å². The Kier molecular flexibility index (Phi) is 3.32. The molecule has 1 heterocycles. The summed E-state index contributed by atoms with van der Waals surface area (Å²) >= 11 is 0. The van der Waals surface area contributed by atoms with Gasteiger partial charge in [0.2, 0.25) is 0 Å². The maximum Gasteiger partial charge on any atom is 0.260 e. The summed E-state index contributed by atoms with van der Waals surface area (Å²) in [5.74, 6) is 0.222. The van der Waals surface area contributed by atoms with Crippen molar-refractivity contribution in [3.05, 3.63) is 42.1 Å². The molecule has 18 heavy (non-hydrogen) atoms. The van der Waals surface area contributed by atoms with E-state index >= 15 is 0 Å². The number of phenols is 1. The number of hydrogen-bond acceptors (Lipinski definition) is 3. The third-order valence-corrected chi connectivity index (χ3v) is 2.55. The predicted octanol–water partition coefficient (Wildman–Crippen LogP) is 2.42. The monoisotopic (exact) mass is 245 g/mol. The van der Waals surface area contributed by atoms with Crippen LogP contribution in [-0.2, 0) is 0 Å². The molecule has 2 aromatic rings. The van der Waals surface area contributed by atoms with E-state index in [2.05, 4.69) is 10.4 Å². The summed E-state index contributed by atoms with van der Waals surface area (Å²) in [7, 11) is 0. The molecule has 0 radical (unpaired) electrons. The Morgan fingerprint density at radius 1 is 1.33 bits per heavy atom. The van der Waals surface area contributed by atoms with Gasteiger partial charge in [-0.05, 0) is 26.0 Å². The van der Waals surface area contributed by atoms with E-state index in [0.29, 0.717) is 5.82 Å². The van der Waals surface area contributed by atoms with Crippen LogP contribution in [0.3, 0.4) is 0 Å². The number of para-hydroxylation sites is 1. The fourth-order valence-electron chi connectivity index (χ4n) is 1.67. The van der Waals surface area contributed by atoms with Crippen LogP contribution >= 0.6 is 0 Å². The average molecular weight is 245 g/mol. The molecule has 2 rings (SSSR count). The van der Waals surface area contributed by atoms with Crippen molar-refractivity contribution in [3.63, 3.8) is 0 Å². The first-order chi connectivity index (χ1) is 8.59. The summed E-state index contributed by atoms with van der Waals surface area (Å²) in [5, 5.41) is 16.5. The number of carbonyl (C=O) groups excluding carboxylic acids is 1. The molecule has 0 aliphatic heterocycles. The Morgan fingerprint density at radius 2 is 2.06 bits per heavy atom. The molecule has 0 unspecified atom stereocenters. The molecule has 0 saturated heterocycles. The predicted molar refractivity (Wildman–Crippen MR) is 68.7 cm³/mol. The van der Waals surface area contributed by atoms with E-state index in [-0.39, 0.29) is 23.3 Å². The van der Waals surface area contributed by atoms with E-state index in [4.69, 9.17) is 0 Å². The van der Waals surface area contributed by atoms with Crippen LogP contribution in [0.25, 0.3) is 0 Å². The highest BCUT2D eigenvalue weighted by Gasteiger charge is 2.13. The molecule has 0 atom stereocenters. The van der Waals surface area contributed by atoms with Gasteiger partial charge in [-0.2, -0.15) is 5.10 Å². The first-order valence-electron chi connectivity index (χ1n) is 5.72. The van der Waals surface area contributed by atoms with E-state index in [0.717, 1.165) is 0 Å². The van der Waals surface area contributed by atoms with Crippen molar-refractivity contribution in [3.8, 4) is 5.75 Å². The Morgan fingerprint density at radius 3 is 2.72 bits per heavy atom.